The maximum atomic E-state index is 5.29. The Bertz CT molecular complexity index is 714. The van der Waals surface area contributed by atoms with Gasteiger partial charge in [-0.15, -0.1) is 0 Å². The van der Waals surface area contributed by atoms with E-state index in [1.54, 1.807) is 12.4 Å². The first-order valence-electron chi connectivity index (χ1n) is 7.11. The molecule has 3 rings (SSSR count). The van der Waals surface area contributed by atoms with Crippen molar-refractivity contribution >= 4 is 6.01 Å². The molecule has 8 nitrogen and oxygen atoms in total. The molecule has 0 saturated heterocycles. The van der Waals surface area contributed by atoms with E-state index in [0.29, 0.717) is 11.8 Å². The first-order chi connectivity index (χ1) is 10.6. The van der Waals surface area contributed by atoms with E-state index < -0.39 is 0 Å². The molecule has 0 fully saturated rings. The Morgan fingerprint density at radius 1 is 1.05 bits per heavy atom. The van der Waals surface area contributed by atoms with Gasteiger partial charge in [0.15, 0.2) is 5.82 Å². The molecule has 0 spiro atoms. The molecule has 1 N–H and O–H groups in total. The van der Waals surface area contributed by atoms with E-state index >= 15 is 0 Å². The summed E-state index contributed by atoms with van der Waals surface area (Å²) >= 11 is 0. The van der Waals surface area contributed by atoms with Crippen LogP contribution in [-0.4, -0.2) is 29.2 Å². The predicted molar refractivity (Wildman–Crippen MR) is 80.3 cm³/mol. The van der Waals surface area contributed by atoms with Gasteiger partial charge in [0.05, 0.1) is 0 Å². The number of hydrogen-bond acceptors (Lipinski definition) is 6. The SMILES string of the molecule is CC(C)c1noc(NC(c2nccn2C)c2nccn2C)n1. The summed E-state index contributed by atoms with van der Waals surface area (Å²) in [6, 6.07) is 0.0835. The minimum absolute atomic E-state index is 0.207. The summed E-state index contributed by atoms with van der Waals surface area (Å²) in [7, 11) is 3.88. The standard InChI is InChI=1S/C14H19N7O/c1-9(2)11-18-14(22-19-11)17-10(12-15-5-7-20(12)3)13-16-6-8-21(13)4/h5-10H,1-4H3,(H,17,18,19). The fraction of sp³-hybridized carbons (Fsp3) is 0.429. The summed E-state index contributed by atoms with van der Waals surface area (Å²) in [5, 5.41) is 7.21. The van der Waals surface area contributed by atoms with Gasteiger partial charge in [0.25, 0.3) is 0 Å². The third-order valence-corrected chi connectivity index (χ3v) is 3.46. The number of nitrogens with one attached hydrogen (secondary N) is 1. The van der Waals surface area contributed by atoms with Crippen molar-refractivity contribution in [2.24, 2.45) is 14.1 Å². The highest BCUT2D eigenvalue weighted by Gasteiger charge is 2.24. The van der Waals surface area contributed by atoms with Crippen molar-refractivity contribution in [2.45, 2.75) is 25.8 Å². The maximum absolute atomic E-state index is 5.29. The lowest BCUT2D eigenvalue weighted by Gasteiger charge is -2.16. The largest absolute Gasteiger partial charge is 0.336 e. The molecule has 22 heavy (non-hydrogen) atoms. The first kappa shape index (κ1) is 14.3. The van der Waals surface area contributed by atoms with Crippen LogP contribution in [0.1, 0.15) is 43.3 Å². The molecule has 0 aliphatic heterocycles. The number of anilines is 1. The minimum atomic E-state index is -0.277. The van der Waals surface area contributed by atoms with Gasteiger partial charge in [0.1, 0.15) is 17.7 Å². The zero-order chi connectivity index (χ0) is 15.7. The van der Waals surface area contributed by atoms with Gasteiger partial charge in [-0.05, 0) is 0 Å². The van der Waals surface area contributed by atoms with Crippen LogP contribution in [0.2, 0.25) is 0 Å². The molecule has 8 heteroatoms. The second-order valence-corrected chi connectivity index (χ2v) is 5.48. The van der Waals surface area contributed by atoms with Crippen molar-refractivity contribution in [3.63, 3.8) is 0 Å². The van der Waals surface area contributed by atoms with Crippen molar-refractivity contribution in [3.05, 3.63) is 42.3 Å². The van der Waals surface area contributed by atoms with Crippen LogP contribution in [0.25, 0.3) is 0 Å². The molecule has 0 amide bonds. The van der Waals surface area contributed by atoms with Gasteiger partial charge in [-0.1, -0.05) is 19.0 Å². The lowest BCUT2D eigenvalue weighted by atomic mass is 10.2. The monoisotopic (exact) mass is 301 g/mol. The highest BCUT2D eigenvalue weighted by Crippen LogP contribution is 2.24. The van der Waals surface area contributed by atoms with Crippen molar-refractivity contribution in [3.8, 4) is 0 Å². The second kappa shape index (κ2) is 5.63. The number of rotatable bonds is 5. The third-order valence-electron chi connectivity index (χ3n) is 3.46. The molecular weight excluding hydrogens is 282 g/mol. The van der Waals surface area contributed by atoms with E-state index in [4.69, 9.17) is 4.52 Å². The van der Waals surface area contributed by atoms with Crippen LogP contribution in [-0.2, 0) is 14.1 Å². The van der Waals surface area contributed by atoms with Crippen LogP contribution in [0, 0.1) is 0 Å². The summed E-state index contributed by atoms with van der Waals surface area (Å²) in [5.41, 5.74) is 0. The molecule has 3 aromatic heterocycles. The van der Waals surface area contributed by atoms with Crippen LogP contribution >= 0.6 is 0 Å². The Kier molecular flexibility index (Phi) is 3.66. The smallest absolute Gasteiger partial charge is 0.322 e. The number of imidazole rings is 2. The average molecular weight is 301 g/mol. The number of nitrogens with zero attached hydrogens (tertiary/aromatic N) is 6. The normalized spacial score (nSPS) is 11.5. The molecule has 0 unspecified atom stereocenters. The summed E-state index contributed by atoms with van der Waals surface area (Å²) in [5.74, 6) is 2.51. The van der Waals surface area contributed by atoms with Crippen LogP contribution in [0.15, 0.2) is 29.3 Å². The maximum Gasteiger partial charge on any atom is 0.322 e. The predicted octanol–water partition coefficient (Wildman–Crippen LogP) is 1.86. The van der Waals surface area contributed by atoms with E-state index in [2.05, 4.69) is 25.4 Å². The lowest BCUT2D eigenvalue weighted by molar-refractivity contribution is 0.415. The van der Waals surface area contributed by atoms with Gasteiger partial charge >= 0.3 is 6.01 Å². The van der Waals surface area contributed by atoms with Gasteiger partial charge in [0.2, 0.25) is 0 Å². The number of aryl methyl sites for hydroxylation is 2. The minimum Gasteiger partial charge on any atom is -0.336 e. The highest BCUT2D eigenvalue weighted by molar-refractivity contribution is 5.30. The van der Waals surface area contributed by atoms with Gasteiger partial charge in [-0.2, -0.15) is 4.98 Å². The van der Waals surface area contributed by atoms with Crippen LogP contribution in [0.3, 0.4) is 0 Å². The van der Waals surface area contributed by atoms with Crippen molar-refractivity contribution in [1.82, 2.24) is 29.2 Å². The van der Waals surface area contributed by atoms with E-state index in [-0.39, 0.29) is 12.0 Å². The summed E-state index contributed by atoms with van der Waals surface area (Å²) in [4.78, 5) is 13.2. The van der Waals surface area contributed by atoms with E-state index in [0.717, 1.165) is 11.6 Å². The van der Waals surface area contributed by atoms with Gasteiger partial charge < -0.3 is 19.0 Å². The zero-order valence-electron chi connectivity index (χ0n) is 13.1. The molecule has 116 valence electrons. The third kappa shape index (κ3) is 2.59. The van der Waals surface area contributed by atoms with Crippen LogP contribution in [0.5, 0.6) is 0 Å². The van der Waals surface area contributed by atoms with Gasteiger partial charge in [0, 0.05) is 44.8 Å². The summed E-state index contributed by atoms with van der Waals surface area (Å²) in [6.07, 6.45) is 7.28. The highest BCUT2D eigenvalue weighted by atomic mass is 16.5. The molecule has 0 saturated carbocycles. The molecule has 3 aromatic rings. The van der Waals surface area contributed by atoms with E-state index in [1.165, 1.54) is 0 Å². The first-order valence-corrected chi connectivity index (χ1v) is 7.11. The lowest BCUT2D eigenvalue weighted by Crippen LogP contribution is -2.20. The molecular formula is C14H19N7O. The van der Waals surface area contributed by atoms with Gasteiger partial charge in [-0.3, -0.25) is 0 Å². The summed E-state index contributed by atoms with van der Waals surface area (Å²) < 4.78 is 9.16. The van der Waals surface area contributed by atoms with E-state index in [9.17, 15) is 0 Å². The molecule has 0 atom stereocenters. The topological polar surface area (TPSA) is 86.6 Å². The Hall–Kier alpha value is -2.64. The van der Waals surface area contributed by atoms with Crippen LogP contribution in [0.4, 0.5) is 6.01 Å². The molecule has 0 bridgehead atoms. The van der Waals surface area contributed by atoms with Crippen molar-refractivity contribution in [2.75, 3.05) is 5.32 Å². The fourth-order valence-corrected chi connectivity index (χ4v) is 2.21. The number of hydrogen-bond donors (Lipinski definition) is 1. The second-order valence-electron chi connectivity index (χ2n) is 5.48. The molecule has 0 aliphatic rings. The molecule has 3 heterocycles. The Labute approximate surface area is 128 Å². The quantitative estimate of drug-likeness (QED) is 0.774. The molecule has 0 aromatic carbocycles. The fourth-order valence-electron chi connectivity index (χ4n) is 2.21. The van der Waals surface area contributed by atoms with Crippen molar-refractivity contribution in [1.29, 1.82) is 0 Å². The molecule has 0 aliphatic carbocycles. The summed E-state index contributed by atoms with van der Waals surface area (Å²) in [6.45, 7) is 4.03. The average Bonchev–Trinajstić information content (AvgIpc) is 3.17. The van der Waals surface area contributed by atoms with Crippen molar-refractivity contribution < 1.29 is 4.52 Å². The van der Waals surface area contributed by atoms with Gasteiger partial charge in [-0.25, -0.2) is 9.97 Å². The Morgan fingerprint density at radius 3 is 2.05 bits per heavy atom. The number of aromatic nitrogens is 6. The van der Waals surface area contributed by atoms with E-state index in [1.807, 2.05) is 49.5 Å². The van der Waals surface area contributed by atoms with Crippen LogP contribution < -0.4 is 5.32 Å². The molecule has 0 radical (unpaired) electrons. The Balaban J connectivity index is 1.95. The Morgan fingerprint density at radius 2 is 1.64 bits per heavy atom. The zero-order valence-corrected chi connectivity index (χ0v) is 13.1.